The molecule has 2 unspecified atom stereocenters. The minimum atomic E-state index is -1.59. The van der Waals surface area contributed by atoms with E-state index in [1.807, 2.05) is 9.24 Å². The quantitative estimate of drug-likeness (QED) is 0.340. The Morgan fingerprint density at radius 2 is 1.86 bits per heavy atom. The maximum atomic E-state index is 13.4. The zero-order valence-corrected chi connectivity index (χ0v) is 20.6. The highest BCUT2D eigenvalue weighted by molar-refractivity contribution is 7.16. The lowest BCUT2D eigenvalue weighted by atomic mass is 10.2. The fourth-order valence-electron chi connectivity index (χ4n) is 3.62. The highest BCUT2D eigenvalue weighted by Gasteiger charge is 2.22. The normalized spacial score (nSPS) is 12.1. The van der Waals surface area contributed by atoms with E-state index in [1.54, 1.807) is 47.0 Å². The van der Waals surface area contributed by atoms with Crippen molar-refractivity contribution in [3.05, 3.63) is 80.0 Å². The van der Waals surface area contributed by atoms with Crippen molar-refractivity contribution < 1.29 is 19.0 Å². The molecule has 0 saturated carbocycles. The molecule has 12 heteroatoms. The molecular formula is C23H23ClFN4O5P. The predicted octanol–water partition coefficient (Wildman–Crippen LogP) is 3.28. The van der Waals surface area contributed by atoms with Crippen molar-refractivity contribution in [2.75, 3.05) is 6.61 Å². The van der Waals surface area contributed by atoms with Gasteiger partial charge in [0.2, 0.25) is 6.10 Å². The molecule has 2 aromatic carbocycles. The number of rotatable bonds is 9. The maximum absolute atomic E-state index is 13.4. The van der Waals surface area contributed by atoms with Crippen LogP contribution >= 0.6 is 20.8 Å². The molecule has 0 bridgehead atoms. The van der Waals surface area contributed by atoms with Crippen LogP contribution in [0.4, 0.5) is 4.39 Å². The molecule has 2 atom stereocenters. The van der Waals surface area contributed by atoms with Crippen LogP contribution in [-0.4, -0.2) is 36.5 Å². The number of aryl methyl sites for hydroxylation is 1. The Hall–Kier alpha value is -3.20. The lowest BCUT2D eigenvalue weighted by molar-refractivity contribution is 0.153. The van der Waals surface area contributed by atoms with Crippen LogP contribution in [0.3, 0.4) is 0 Å². The number of aliphatic hydroxyl groups excluding tert-OH is 1. The van der Waals surface area contributed by atoms with E-state index in [1.165, 1.54) is 17.7 Å². The number of halogens is 2. The molecule has 0 spiro atoms. The van der Waals surface area contributed by atoms with Gasteiger partial charge < -0.3 is 14.6 Å². The summed E-state index contributed by atoms with van der Waals surface area (Å²) in [5.74, 6) is 0.538. The molecule has 0 amide bonds. The molecular weight excluding hydrogens is 498 g/mol. The van der Waals surface area contributed by atoms with E-state index < -0.39 is 17.3 Å². The predicted molar refractivity (Wildman–Crippen MR) is 133 cm³/mol. The van der Waals surface area contributed by atoms with Crippen LogP contribution in [-0.2, 0) is 20.1 Å². The second-order valence-corrected chi connectivity index (χ2v) is 8.66. The number of fused-ring (bicyclic) bond motifs is 1. The van der Waals surface area contributed by atoms with Gasteiger partial charge in [-0.1, -0.05) is 39.0 Å². The highest BCUT2D eigenvalue weighted by Crippen LogP contribution is 2.28. The molecule has 4 rings (SSSR count). The molecule has 0 aliphatic rings. The number of aliphatic hydroxyl groups is 1. The van der Waals surface area contributed by atoms with Gasteiger partial charge in [-0.3, -0.25) is 18.5 Å². The standard InChI is InChI=1S/C23H23ClFN4O5P/c1-27-19-18(20(31)28(23(27)32)10-3-11-30)29(13-14-6-8-15(24)9-7-14)22(26-19)34-17-5-2-4-16(12-17)33-21(25)35/h2,4-9,12,21,30H,3,10-11,13,35H2,1H3. The molecule has 2 aromatic heterocycles. The van der Waals surface area contributed by atoms with E-state index in [4.69, 9.17) is 21.1 Å². The van der Waals surface area contributed by atoms with Gasteiger partial charge in [0.15, 0.2) is 11.2 Å². The molecule has 0 saturated heterocycles. The summed E-state index contributed by atoms with van der Waals surface area (Å²) >= 11 is 6.01. The second kappa shape index (κ2) is 10.6. The lowest BCUT2D eigenvalue weighted by Crippen LogP contribution is -2.39. The van der Waals surface area contributed by atoms with Gasteiger partial charge >= 0.3 is 11.7 Å². The van der Waals surface area contributed by atoms with E-state index in [-0.39, 0.29) is 49.0 Å². The maximum Gasteiger partial charge on any atom is 0.332 e. The zero-order chi connectivity index (χ0) is 25.1. The van der Waals surface area contributed by atoms with Gasteiger partial charge in [0.05, 0.1) is 6.54 Å². The molecule has 9 nitrogen and oxygen atoms in total. The van der Waals surface area contributed by atoms with E-state index in [2.05, 4.69) is 4.98 Å². The van der Waals surface area contributed by atoms with Crippen molar-refractivity contribution >= 4 is 32.0 Å². The second-order valence-electron chi connectivity index (χ2n) is 7.70. The number of nitrogens with zero attached hydrogens (tertiary/aromatic N) is 4. The van der Waals surface area contributed by atoms with Crippen LogP contribution in [0.15, 0.2) is 58.1 Å². The van der Waals surface area contributed by atoms with E-state index in [0.717, 1.165) is 10.1 Å². The minimum Gasteiger partial charge on any atom is -0.457 e. The largest absolute Gasteiger partial charge is 0.457 e. The van der Waals surface area contributed by atoms with Gasteiger partial charge in [-0.15, -0.1) is 0 Å². The van der Waals surface area contributed by atoms with E-state index in [0.29, 0.717) is 10.8 Å². The summed E-state index contributed by atoms with van der Waals surface area (Å²) < 4.78 is 28.2. The number of alkyl halides is 1. The molecule has 0 aliphatic carbocycles. The van der Waals surface area contributed by atoms with Crippen LogP contribution < -0.4 is 20.7 Å². The van der Waals surface area contributed by atoms with Gasteiger partial charge in [0.25, 0.3) is 5.56 Å². The van der Waals surface area contributed by atoms with Crippen molar-refractivity contribution in [2.24, 2.45) is 7.05 Å². The summed E-state index contributed by atoms with van der Waals surface area (Å²) in [5, 5.41) is 9.76. The Kier molecular flexibility index (Phi) is 7.54. The summed E-state index contributed by atoms with van der Waals surface area (Å²) in [5.41, 5.74) is 0.0207. The Balaban J connectivity index is 1.88. The van der Waals surface area contributed by atoms with Crippen molar-refractivity contribution in [1.29, 1.82) is 0 Å². The Labute approximate surface area is 206 Å². The number of hydrogen-bond acceptors (Lipinski definition) is 6. The third kappa shape index (κ3) is 5.40. The van der Waals surface area contributed by atoms with Crippen LogP contribution in [0.1, 0.15) is 12.0 Å². The topological polar surface area (TPSA) is 101 Å². The summed E-state index contributed by atoms with van der Waals surface area (Å²) in [7, 11) is 3.41. The Bertz CT molecular complexity index is 1470. The van der Waals surface area contributed by atoms with E-state index >= 15 is 0 Å². The van der Waals surface area contributed by atoms with Gasteiger partial charge in [-0.25, -0.2) is 4.79 Å². The smallest absolute Gasteiger partial charge is 0.332 e. The van der Waals surface area contributed by atoms with Crippen LogP contribution in [0.25, 0.3) is 11.2 Å². The first-order chi connectivity index (χ1) is 16.8. The van der Waals surface area contributed by atoms with Crippen LogP contribution in [0.2, 0.25) is 5.02 Å². The Morgan fingerprint density at radius 1 is 1.14 bits per heavy atom. The minimum absolute atomic E-state index is 0.0546. The molecule has 35 heavy (non-hydrogen) atoms. The zero-order valence-electron chi connectivity index (χ0n) is 18.7. The fraction of sp³-hybridized carbons (Fsp3) is 0.261. The first-order valence-corrected chi connectivity index (χ1v) is 11.7. The third-order valence-electron chi connectivity index (χ3n) is 5.25. The SMILES string of the molecule is Cn1c(=O)n(CCCO)c(=O)c2c1nc(Oc1cccc(OC(F)P)c1)n2Cc1ccc(Cl)cc1. The average Bonchev–Trinajstić information content (AvgIpc) is 3.17. The first-order valence-electron chi connectivity index (χ1n) is 10.7. The summed E-state index contributed by atoms with van der Waals surface area (Å²) in [6.07, 6.45) is -1.35. The monoisotopic (exact) mass is 520 g/mol. The molecule has 4 aromatic rings. The molecule has 184 valence electrons. The Morgan fingerprint density at radius 3 is 2.54 bits per heavy atom. The van der Waals surface area contributed by atoms with Gasteiger partial charge in [0.1, 0.15) is 11.5 Å². The lowest BCUT2D eigenvalue weighted by Gasteiger charge is -2.12. The molecule has 0 aliphatic heterocycles. The number of aromatic nitrogens is 4. The number of benzene rings is 2. The average molecular weight is 521 g/mol. The summed E-state index contributed by atoms with van der Waals surface area (Å²) in [4.78, 5) is 30.6. The number of imidazole rings is 1. The molecule has 2 heterocycles. The summed E-state index contributed by atoms with van der Waals surface area (Å²) in [6, 6.07) is 13.4. The summed E-state index contributed by atoms with van der Waals surface area (Å²) in [6.45, 7) is 0.0876. The van der Waals surface area contributed by atoms with E-state index in [9.17, 15) is 19.1 Å². The number of ether oxygens (including phenoxy) is 2. The highest BCUT2D eigenvalue weighted by atomic mass is 35.5. The third-order valence-corrected chi connectivity index (χ3v) is 5.64. The number of hydrogen-bond donors (Lipinski definition) is 1. The van der Waals surface area contributed by atoms with Crippen molar-refractivity contribution in [2.45, 2.75) is 25.6 Å². The van der Waals surface area contributed by atoms with Crippen molar-refractivity contribution in [1.82, 2.24) is 18.7 Å². The molecule has 1 N–H and O–H groups in total. The van der Waals surface area contributed by atoms with Gasteiger partial charge in [-0.2, -0.15) is 9.37 Å². The van der Waals surface area contributed by atoms with Crippen LogP contribution in [0, 0.1) is 0 Å². The van der Waals surface area contributed by atoms with Gasteiger partial charge in [0, 0.05) is 31.3 Å². The van der Waals surface area contributed by atoms with Gasteiger partial charge in [-0.05, 0) is 36.2 Å². The van der Waals surface area contributed by atoms with Crippen LogP contribution in [0.5, 0.6) is 17.5 Å². The fourth-order valence-corrected chi connectivity index (χ4v) is 3.90. The molecule has 0 radical (unpaired) electrons. The first kappa shape index (κ1) is 24.9. The molecule has 0 fully saturated rings. The van der Waals surface area contributed by atoms with Crippen molar-refractivity contribution in [3.8, 4) is 17.5 Å². The van der Waals surface area contributed by atoms with Crippen molar-refractivity contribution in [3.63, 3.8) is 0 Å².